The van der Waals surface area contributed by atoms with Gasteiger partial charge in [0.05, 0.1) is 10.9 Å². The summed E-state index contributed by atoms with van der Waals surface area (Å²) in [6, 6.07) is 8.27. The van der Waals surface area contributed by atoms with Gasteiger partial charge < -0.3 is 4.57 Å². The molecule has 1 aromatic heterocycles. The molecule has 1 saturated carbocycles. The Balaban J connectivity index is 2.01. The third-order valence-electron chi connectivity index (χ3n) is 5.18. The molecule has 20 heavy (non-hydrogen) atoms. The summed E-state index contributed by atoms with van der Waals surface area (Å²) >= 11 is 0. The van der Waals surface area contributed by atoms with E-state index in [1.165, 1.54) is 10.9 Å². The first-order chi connectivity index (χ1) is 9.61. The molecule has 3 heteroatoms. The van der Waals surface area contributed by atoms with Gasteiger partial charge in [-0.05, 0) is 36.8 Å². The minimum absolute atomic E-state index is 0.115. The molecule has 102 valence electrons. The Morgan fingerprint density at radius 2 is 2.10 bits per heavy atom. The number of rotatable bonds is 0. The third-order valence-corrected chi connectivity index (χ3v) is 5.18. The number of benzene rings is 1. The van der Waals surface area contributed by atoms with E-state index in [2.05, 4.69) is 29.0 Å². The maximum atomic E-state index is 12.9. The van der Waals surface area contributed by atoms with E-state index in [1.807, 2.05) is 13.0 Å². The van der Waals surface area contributed by atoms with E-state index in [4.69, 9.17) is 0 Å². The van der Waals surface area contributed by atoms with E-state index in [9.17, 15) is 9.59 Å². The molecule has 0 radical (unpaired) electrons. The average molecular weight is 267 g/mol. The van der Waals surface area contributed by atoms with Crippen LogP contribution in [0.5, 0.6) is 0 Å². The van der Waals surface area contributed by atoms with Crippen LogP contribution >= 0.6 is 0 Å². The van der Waals surface area contributed by atoms with Gasteiger partial charge >= 0.3 is 0 Å². The number of ketones is 2. The predicted octanol–water partition coefficient (Wildman–Crippen LogP) is 3.07. The molecule has 1 aliphatic carbocycles. The van der Waals surface area contributed by atoms with Gasteiger partial charge in [-0.3, -0.25) is 9.59 Å². The number of hydrogen-bond donors (Lipinski definition) is 0. The van der Waals surface area contributed by atoms with Crippen LogP contribution in [0, 0.1) is 5.41 Å². The first kappa shape index (κ1) is 11.9. The average Bonchev–Trinajstić information content (AvgIpc) is 2.86. The smallest absolute Gasteiger partial charge is 0.153 e. The summed E-state index contributed by atoms with van der Waals surface area (Å²) in [5, 5.41) is 1.19. The van der Waals surface area contributed by atoms with Crippen molar-refractivity contribution < 1.29 is 9.59 Å². The molecule has 4 rings (SSSR count). The van der Waals surface area contributed by atoms with Crippen LogP contribution in [0.2, 0.25) is 0 Å². The molecule has 0 N–H and O–H groups in total. The largest absolute Gasteiger partial charge is 0.347 e. The molecule has 0 amide bonds. The minimum atomic E-state index is -0.785. The summed E-state index contributed by atoms with van der Waals surface area (Å²) in [5.74, 6) is 0.144. The van der Waals surface area contributed by atoms with Gasteiger partial charge in [-0.15, -0.1) is 0 Å². The quantitative estimate of drug-likeness (QED) is 0.688. The molecule has 1 fully saturated rings. The molecule has 1 aliphatic heterocycles. The Labute approximate surface area is 117 Å². The first-order valence-electron chi connectivity index (χ1n) is 7.27. The highest BCUT2D eigenvalue weighted by Crippen LogP contribution is 2.44. The van der Waals surface area contributed by atoms with Crippen molar-refractivity contribution in [2.24, 2.45) is 5.41 Å². The van der Waals surface area contributed by atoms with Gasteiger partial charge in [-0.25, -0.2) is 0 Å². The van der Waals surface area contributed by atoms with E-state index in [-0.39, 0.29) is 17.5 Å². The van der Waals surface area contributed by atoms with Crippen molar-refractivity contribution in [3.63, 3.8) is 0 Å². The van der Waals surface area contributed by atoms with E-state index >= 15 is 0 Å². The van der Waals surface area contributed by atoms with Crippen LogP contribution in [0.15, 0.2) is 30.5 Å². The van der Waals surface area contributed by atoms with Crippen molar-refractivity contribution in [2.45, 2.75) is 38.6 Å². The first-order valence-corrected chi connectivity index (χ1v) is 7.27. The second kappa shape index (κ2) is 3.81. The molecule has 2 aromatic rings. The Morgan fingerprint density at radius 1 is 1.25 bits per heavy atom. The van der Waals surface area contributed by atoms with Crippen molar-refractivity contribution in [3.8, 4) is 0 Å². The van der Waals surface area contributed by atoms with Crippen molar-refractivity contribution in [3.05, 3.63) is 36.0 Å². The zero-order valence-corrected chi connectivity index (χ0v) is 11.6. The molecule has 2 aliphatic rings. The standard InChI is InChI=1S/C17H17NO2/c1-17-8-10-18-9-7-11-3-2-4-12(15(11)18)13(16(17)20)5-6-14(17)19/h2-4,7,9,13H,5-6,8,10H2,1H3/t13-,17-/m0/s1. The number of hydrogen-bond acceptors (Lipinski definition) is 2. The van der Waals surface area contributed by atoms with Crippen molar-refractivity contribution >= 4 is 22.5 Å². The summed E-state index contributed by atoms with van der Waals surface area (Å²) < 4.78 is 2.21. The van der Waals surface area contributed by atoms with Crippen LogP contribution in [0.1, 0.15) is 37.7 Å². The number of aromatic nitrogens is 1. The fourth-order valence-corrected chi connectivity index (χ4v) is 3.87. The summed E-state index contributed by atoms with van der Waals surface area (Å²) in [6.45, 7) is 2.58. The topological polar surface area (TPSA) is 39.1 Å². The molecule has 0 saturated heterocycles. The third kappa shape index (κ3) is 1.35. The van der Waals surface area contributed by atoms with Gasteiger partial charge in [0, 0.05) is 25.1 Å². The molecule has 2 heterocycles. The summed E-state index contributed by atoms with van der Waals surface area (Å²) in [5.41, 5.74) is 1.51. The molecular weight excluding hydrogens is 250 g/mol. The minimum Gasteiger partial charge on any atom is -0.347 e. The molecular formula is C17H17NO2. The fourth-order valence-electron chi connectivity index (χ4n) is 3.87. The van der Waals surface area contributed by atoms with Gasteiger partial charge in [0.15, 0.2) is 5.78 Å². The maximum absolute atomic E-state index is 12.9. The van der Waals surface area contributed by atoms with E-state index < -0.39 is 5.41 Å². The Morgan fingerprint density at radius 3 is 2.95 bits per heavy atom. The molecule has 3 nitrogen and oxygen atoms in total. The van der Waals surface area contributed by atoms with Crippen LogP contribution < -0.4 is 0 Å². The molecule has 0 unspecified atom stereocenters. The molecule has 0 spiro atoms. The highest BCUT2D eigenvalue weighted by Gasteiger charge is 2.48. The number of carbonyl (C=O) groups is 2. The highest BCUT2D eigenvalue weighted by atomic mass is 16.2. The van der Waals surface area contributed by atoms with Gasteiger partial charge in [0.25, 0.3) is 0 Å². The van der Waals surface area contributed by atoms with Crippen LogP contribution in [-0.2, 0) is 16.1 Å². The Kier molecular flexibility index (Phi) is 2.27. The van der Waals surface area contributed by atoms with Crippen molar-refractivity contribution in [1.82, 2.24) is 4.57 Å². The second-order valence-electron chi connectivity index (χ2n) is 6.26. The maximum Gasteiger partial charge on any atom is 0.153 e. The van der Waals surface area contributed by atoms with Crippen molar-refractivity contribution in [2.75, 3.05) is 0 Å². The molecule has 2 atom stereocenters. The zero-order valence-electron chi connectivity index (χ0n) is 11.6. The number of carbonyl (C=O) groups excluding carboxylic acids is 2. The molecule has 2 bridgehead atoms. The lowest BCUT2D eigenvalue weighted by Gasteiger charge is -2.37. The van der Waals surface area contributed by atoms with Gasteiger partial charge in [-0.2, -0.15) is 0 Å². The van der Waals surface area contributed by atoms with Gasteiger partial charge in [0.2, 0.25) is 0 Å². The van der Waals surface area contributed by atoms with E-state index in [1.54, 1.807) is 0 Å². The van der Waals surface area contributed by atoms with E-state index in [0.717, 1.165) is 12.1 Å². The van der Waals surface area contributed by atoms with Gasteiger partial charge in [0.1, 0.15) is 5.78 Å². The lowest BCUT2D eigenvalue weighted by atomic mass is 9.64. The number of Topliss-reactive ketones (excluding diaryl/α,β-unsaturated/α-hetero) is 2. The predicted molar refractivity (Wildman–Crippen MR) is 76.7 cm³/mol. The van der Waals surface area contributed by atoms with E-state index in [0.29, 0.717) is 19.3 Å². The normalized spacial score (nSPS) is 29.4. The zero-order chi connectivity index (χ0) is 13.9. The second-order valence-corrected chi connectivity index (χ2v) is 6.26. The lowest BCUT2D eigenvalue weighted by Crippen LogP contribution is -2.45. The summed E-state index contributed by atoms with van der Waals surface area (Å²) in [7, 11) is 0. The monoisotopic (exact) mass is 267 g/mol. The highest BCUT2D eigenvalue weighted by molar-refractivity contribution is 6.12. The Hall–Kier alpha value is -1.90. The summed E-state index contributed by atoms with van der Waals surface area (Å²) in [6.07, 6.45) is 3.90. The Bertz CT molecular complexity index is 743. The van der Waals surface area contributed by atoms with Gasteiger partial charge in [-0.1, -0.05) is 18.2 Å². The van der Waals surface area contributed by atoms with Crippen LogP contribution in [-0.4, -0.2) is 16.1 Å². The summed E-state index contributed by atoms with van der Waals surface area (Å²) in [4.78, 5) is 25.1. The number of nitrogens with zero attached hydrogens (tertiary/aromatic N) is 1. The number of aryl methyl sites for hydroxylation is 1. The van der Waals surface area contributed by atoms with Crippen molar-refractivity contribution in [1.29, 1.82) is 0 Å². The fraction of sp³-hybridized carbons (Fsp3) is 0.412. The number of para-hydroxylation sites is 1. The lowest BCUT2D eigenvalue weighted by molar-refractivity contribution is -0.144. The van der Waals surface area contributed by atoms with Crippen LogP contribution in [0.3, 0.4) is 0 Å². The SMILES string of the molecule is C[C@]12CCn3ccc4cccc(c43)[C@H](CCC1=O)C2=O. The van der Waals surface area contributed by atoms with Crippen LogP contribution in [0.4, 0.5) is 0 Å². The van der Waals surface area contributed by atoms with Crippen LogP contribution in [0.25, 0.3) is 10.9 Å². The number of fused-ring (bicyclic) bond motifs is 3. The molecule has 1 aromatic carbocycles.